The number of hydrogen-bond donors (Lipinski definition) is 1. The van der Waals surface area contributed by atoms with Gasteiger partial charge in [0.2, 0.25) is 0 Å². The zero-order chi connectivity index (χ0) is 23.4. The van der Waals surface area contributed by atoms with E-state index in [0.717, 1.165) is 37.8 Å². The summed E-state index contributed by atoms with van der Waals surface area (Å²) in [5, 5.41) is 3.50. The molecule has 2 heterocycles. The smallest absolute Gasteiger partial charge is 0.259 e. The van der Waals surface area contributed by atoms with Crippen LogP contribution in [0.2, 0.25) is 5.02 Å². The minimum atomic E-state index is -0.849. The number of ether oxygens (including phenoxy) is 1. The number of benzene rings is 2. The van der Waals surface area contributed by atoms with Gasteiger partial charge in [-0.1, -0.05) is 30.5 Å². The number of hydrogen-bond acceptors (Lipinski definition) is 3. The summed E-state index contributed by atoms with van der Waals surface area (Å²) in [6.07, 6.45) is 5.02. The Bertz CT molecular complexity index is 1020. The van der Waals surface area contributed by atoms with Crippen LogP contribution in [0.4, 0.5) is 8.78 Å². The first kappa shape index (κ1) is 23.5. The molecule has 2 amide bonds. The number of rotatable bonds is 1. The van der Waals surface area contributed by atoms with E-state index < -0.39 is 23.1 Å². The van der Waals surface area contributed by atoms with E-state index in [2.05, 4.69) is 5.32 Å². The Morgan fingerprint density at radius 1 is 1.03 bits per heavy atom. The van der Waals surface area contributed by atoms with Crippen LogP contribution in [-0.2, 0) is 0 Å². The first-order chi connectivity index (χ1) is 15.9. The average molecular weight is 477 g/mol. The number of halogens is 3. The molecule has 2 aliphatic rings. The van der Waals surface area contributed by atoms with Gasteiger partial charge in [-0.15, -0.1) is 0 Å². The Hall–Kier alpha value is -2.67. The van der Waals surface area contributed by atoms with Crippen molar-refractivity contribution in [2.75, 3.05) is 26.2 Å². The predicted molar refractivity (Wildman–Crippen MR) is 122 cm³/mol. The molecule has 33 heavy (non-hydrogen) atoms. The minimum Gasteiger partial charge on any atom is -0.493 e. The first-order valence-corrected chi connectivity index (χ1v) is 11.7. The normalized spacial score (nSPS) is 19.0. The van der Waals surface area contributed by atoms with E-state index in [-0.39, 0.29) is 11.3 Å². The van der Waals surface area contributed by atoms with Crippen LogP contribution in [0.5, 0.6) is 5.75 Å². The molecule has 4 rings (SSSR count). The second-order valence-electron chi connectivity index (χ2n) is 8.87. The van der Waals surface area contributed by atoms with E-state index in [1.54, 1.807) is 18.2 Å². The lowest BCUT2D eigenvalue weighted by Gasteiger charge is -2.42. The highest BCUT2D eigenvalue weighted by Gasteiger charge is 2.37. The first-order valence-electron chi connectivity index (χ1n) is 11.3. The molecule has 8 heteroatoms. The van der Waals surface area contributed by atoms with Gasteiger partial charge in [0.25, 0.3) is 11.8 Å². The molecular weight excluding hydrogens is 450 g/mol. The van der Waals surface area contributed by atoms with E-state index in [0.29, 0.717) is 55.4 Å². The molecular formula is C25H27ClF2N2O3. The number of amides is 2. The summed E-state index contributed by atoms with van der Waals surface area (Å²) in [6.45, 7) is 1.74. The molecule has 0 aliphatic carbocycles. The molecule has 1 fully saturated rings. The number of likely N-dealkylation sites (tertiary alicyclic amines) is 1. The monoisotopic (exact) mass is 476 g/mol. The van der Waals surface area contributed by atoms with Crippen LogP contribution in [0.1, 0.15) is 59.2 Å². The van der Waals surface area contributed by atoms with Gasteiger partial charge in [-0.05, 0) is 61.4 Å². The van der Waals surface area contributed by atoms with Crippen molar-refractivity contribution in [3.05, 3.63) is 64.2 Å². The van der Waals surface area contributed by atoms with Crippen molar-refractivity contribution < 1.29 is 23.1 Å². The molecule has 1 N–H and O–H groups in total. The maximum absolute atomic E-state index is 14.1. The molecule has 2 aliphatic heterocycles. The number of piperidine rings is 1. The highest BCUT2D eigenvalue weighted by molar-refractivity contribution is 6.31. The third-order valence-corrected chi connectivity index (χ3v) is 6.94. The van der Waals surface area contributed by atoms with Gasteiger partial charge < -0.3 is 15.0 Å². The quantitative estimate of drug-likeness (QED) is 0.613. The maximum Gasteiger partial charge on any atom is 0.259 e. The summed E-state index contributed by atoms with van der Waals surface area (Å²) in [5.41, 5.74) is -0.284. The fraction of sp³-hybridized carbons (Fsp3) is 0.440. The maximum atomic E-state index is 14.1. The van der Waals surface area contributed by atoms with E-state index >= 15 is 0 Å². The third kappa shape index (κ3) is 5.29. The standard InChI is InChI=1S/C25H27ClF2N2O3/c26-17-7-8-21-18(15-17)23(31)29-16-25(9-2-1-3-14-33-21)10-12-30(13-11-25)24(32)22-19(27)5-4-6-20(22)28/h4-8,15H,1-3,9-14,16H2,(H,29,31). The van der Waals surface area contributed by atoms with Crippen LogP contribution in [0.3, 0.4) is 0 Å². The lowest BCUT2D eigenvalue weighted by Crippen LogP contribution is -2.48. The van der Waals surface area contributed by atoms with E-state index in [1.165, 1.54) is 11.0 Å². The van der Waals surface area contributed by atoms with Gasteiger partial charge in [0, 0.05) is 24.7 Å². The summed E-state index contributed by atoms with van der Waals surface area (Å²) in [7, 11) is 0. The second kappa shape index (κ2) is 10.1. The van der Waals surface area contributed by atoms with Gasteiger partial charge >= 0.3 is 0 Å². The minimum absolute atomic E-state index is 0.182. The largest absolute Gasteiger partial charge is 0.493 e. The Kier molecular flexibility index (Phi) is 7.17. The van der Waals surface area contributed by atoms with Crippen molar-refractivity contribution in [1.82, 2.24) is 10.2 Å². The van der Waals surface area contributed by atoms with Gasteiger partial charge in [0.1, 0.15) is 22.9 Å². The fourth-order valence-electron chi connectivity index (χ4n) is 4.69. The average Bonchev–Trinajstić information content (AvgIpc) is 2.80. The van der Waals surface area contributed by atoms with Crippen molar-refractivity contribution in [3.8, 4) is 5.75 Å². The molecule has 176 valence electrons. The Labute approximate surface area is 197 Å². The number of nitrogens with zero attached hydrogens (tertiary/aromatic N) is 1. The van der Waals surface area contributed by atoms with Crippen LogP contribution in [0, 0.1) is 17.0 Å². The summed E-state index contributed by atoms with van der Waals surface area (Å²) in [4.78, 5) is 27.2. The van der Waals surface area contributed by atoms with Crippen molar-refractivity contribution in [3.63, 3.8) is 0 Å². The SMILES string of the molecule is O=C1NCC2(CCCCCOc3ccc(Cl)cc31)CCN(C(=O)c1c(F)cccc1F)CC2. The van der Waals surface area contributed by atoms with Gasteiger partial charge in [-0.3, -0.25) is 9.59 Å². The van der Waals surface area contributed by atoms with Crippen LogP contribution < -0.4 is 10.1 Å². The number of carbonyl (C=O) groups excluding carboxylic acids is 2. The van der Waals surface area contributed by atoms with Crippen molar-refractivity contribution in [2.24, 2.45) is 5.41 Å². The molecule has 0 bridgehead atoms. The Balaban J connectivity index is 1.48. The molecule has 0 aromatic heterocycles. The van der Waals surface area contributed by atoms with E-state index in [4.69, 9.17) is 16.3 Å². The van der Waals surface area contributed by atoms with Gasteiger partial charge in [0.15, 0.2) is 0 Å². The summed E-state index contributed by atoms with van der Waals surface area (Å²) >= 11 is 6.10. The molecule has 1 spiro atoms. The third-order valence-electron chi connectivity index (χ3n) is 6.71. The van der Waals surface area contributed by atoms with Gasteiger partial charge in [-0.2, -0.15) is 0 Å². The summed E-state index contributed by atoms with van der Waals surface area (Å²) in [6, 6.07) is 8.46. The number of fused-ring (bicyclic) bond motifs is 1. The lowest BCUT2D eigenvalue weighted by molar-refractivity contribution is 0.0525. The van der Waals surface area contributed by atoms with Crippen molar-refractivity contribution in [1.29, 1.82) is 0 Å². The highest BCUT2D eigenvalue weighted by atomic mass is 35.5. The Morgan fingerprint density at radius 2 is 1.76 bits per heavy atom. The molecule has 2 aromatic carbocycles. The van der Waals surface area contributed by atoms with Crippen LogP contribution in [0.25, 0.3) is 0 Å². The summed E-state index contributed by atoms with van der Waals surface area (Å²) < 4.78 is 34.0. The van der Waals surface area contributed by atoms with E-state index in [1.807, 2.05) is 0 Å². The van der Waals surface area contributed by atoms with Crippen LogP contribution in [-0.4, -0.2) is 43.0 Å². The lowest BCUT2D eigenvalue weighted by atomic mass is 9.74. The highest BCUT2D eigenvalue weighted by Crippen LogP contribution is 2.37. The van der Waals surface area contributed by atoms with Crippen molar-refractivity contribution >= 4 is 23.4 Å². The second-order valence-corrected chi connectivity index (χ2v) is 9.31. The molecule has 5 nitrogen and oxygen atoms in total. The van der Waals surface area contributed by atoms with Crippen LogP contribution in [0.15, 0.2) is 36.4 Å². The molecule has 0 unspecified atom stereocenters. The Morgan fingerprint density at radius 3 is 2.48 bits per heavy atom. The predicted octanol–water partition coefficient (Wildman–Crippen LogP) is 5.22. The fourth-order valence-corrected chi connectivity index (χ4v) is 4.86. The topological polar surface area (TPSA) is 58.6 Å². The number of carbonyl (C=O) groups is 2. The summed E-state index contributed by atoms with van der Waals surface area (Å²) in [5.74, 6) is -2.06. The number of nitrogens with one attached hydrogen (secondary N) is 1. The van der Waals surface area contributed by atoms with E-state index in [9.17, 15) is 18.4 Å². The van der Waals surface area contributed by atoms with Crippen molar-refractivity contribution in [2.45, 2.75) is 38.5 Å². The molecule has 0 radical (unpaired) electrons. The van der Waals surface area contributed by atoms with Gasteiger partial charge in [0.05, 0.1) is 12.2 Å². The molecule has 2 aromatic rings. The zero-order valence-corrected chi connectivity index (χ0v) is 19.1. The van der Waals surface area contributed by atoms with Gasteiger partial charge in [-0.25, -0.2) is 8.78 Å². The molecule has 0 saturated carbocycles. The zero-order valence-electron chi connectivity index (χ0n) is 18.3. The molecule has 1 saturated heterocycles. The molecule has 0 atom stereocenters. The van der Waals surface area contributed by atoms with Crippen LogP contribution >= 0.6 is 11.6 Å².